The summed E-state index contributed by atoms with van der Waals surface area (Å²) in [5.41, 5.74) is 5.72. The molecule has 1 heterocycles. The first-order valence-electron chi connectivity index (χ1n) is 7.23. The Kier molecular flexibility index (Phi) is 7.45. The highest BCUT2D eigenvalue weighted by atomic mass is 16.5. The molecule has 1 amide bonds. The van der Waals surface area contributed by atoms with Crippen LogP contribution in [0.25, 0.3) is 0 Å². The van der Waals surface area contributed by atoms with E-state index in [0.717, 1.165) is 0 Å². The number of ether oxygens (including phenoxy) is 1. The molecule has 0 radical (unpaired) electrons. The average Bonchev–Trinajstić information content (AvgIpc) is 2.42. The number of hydrogen-bond donors (Lipinski definition) is 3. The normalized spacial score (nSPS) is 10.7. The van der Waals surface area contributed by atoms with Gasteiger partial charge >= 0.3 is 0 Å². The summed E-state index contributed by atoms with van der Waals surface area (Å²) in [6.45, 7) is 8.12. The zero-order valence-corrected chi connectivity index (χ0v) is 13.0. The van der Waals surface area contributed by atoms with Crippen LogP contribution in [0.15, 0.2) is 6.07 Å². The summed E-state index contributed by atoms with van der Waals surface area (Å²) in [4.78, 5) is 20.0. The first kappa shape index (κ1) is 17.2. The fraction of sp³-hybridized carbons (Fsp3) is 0.643. The van der Waals surface area contributed by atoms with Crippen LogP contribution in [-0.2, 0) is 16.1 Å². The molecule has 4 N–H and O–H groups in total. The van der Waals surface area contributed by atoms with Gasteiger partial charge in [0.1, 0.15) is 18.2 Å². The zero-order valence-electron chi connectivity index (χ0n) is 13.0. The van der Waals surface area contributed by atoms with E-state index in [0.29, 0.717) is 56.1 Å². The minimum absolute atomic E-state index is 0.0211. The predicted octanol–water partition coefficient (Wildman–Crippen LogP) is 1.17. The summed E-state index contributed by atoms with van der Waals surface area (Å²) >= 11 is 0. The molecule has 21 heavy (non-hydrogen) atoms. The Labute approximate surface area is 125 Å². The minimum atomic E-state index is 0.0211. The van der Waals surface area contributed by atoms with Gasteiger partial charge in [0.15, 0.2) is 5.82 Å². The van der Waals surface area contributed by atoms with Crippen LogP contribution in [0.4, 0.5) is 11.6 Å². The third kappa shape index (κ3) is 7.45. The van der Waals surface area contributed by atoms with Crippen molar-refractivity contribution in [2.45, 2.75) is 33.8 Å². The van der Waals surface area contributed by atoms with Gasteiger partial charge in [-0.2, -0.15) is 0 Å². The van der Waals surface area contributed by atoms with Crippen molar-refractivity contribution in [1.82, 2.24) is 15.3 Å². The molecule has 0 aliphatic carbocycles. The maximum atomic E-state index is 11.6. The Morgan fingerprint density at radius 2 is 2.19 bits per heavy atom. The van der Waals surface area contributed by atoms with E-state index in [1.165, 1.54) is 0 Å². The smallest absolute Gasteiger partial charge is 0.221 e. The number of nitrogens with zero attached hydrogens (tertiary/aromatic N) is 2. The van der Waals surface area contributed by atoms with Gasteiger partial charge in [0.25, 0.3) is 0 Å². The Morgan fingerprint density at radius 3 is 2.86 bits per heavy atom. The lowest BCUT2D eigenvalue weighted by Gasteiger charge is -2.10. The quantitative estimate of drug-likeness (QED) is 0.632. The maximum absolute atomic E-state index is 11.6. The summed E-state index contributed by atoms with van der Waals surface area (Å²) in [6.07, 6.45) is 0.386. The van der Waals surface area contributed by atoms with E-state index in [9.17, 15) is 4.79 Å². The second-order valence-electron chi connectivity index (χ2n) is 5.11. The topological polar surface area (TPSA) is 102 Å². The van der Waals surface area contributed by atoms with Gasteiger partial charge in [-0.1, -0.05) is 13.8 Å². The van der Waals surface area contributed by atoms with E-state index < -0.39 is 0 Å². The summed E-state index contributed by atoms with van der Waals surface area (Å²) in [5, 5.41) is 5.94. The van der Waals surface area contributed by atoms with Crippen LogP contribution in [0.1, 0.15) is 33.0 Å². The molecule has 1 aromatic rings. The molecule has 7 nitrogen and oxygen atoms in total. The van der Waals surface area contributed by atoms with Crippen molar-refractivity contribution in [2.24, 2.45) is 5.92 Å². The third-order valence-electron chi connectivity index (χ3n) is 2.59. The van der Waals surface area contributed by atoms with E-state index in [-0.39, 0.29) is 5.91 Å². The molecule has 0 aliphatic rings. The summed E-state index contributed by atoms with van der Waals surface area (Å²) in [6, 6.07) is 1.64. The summed E-state index contributed by atoms with van der Waals surface area (Å²) < 4.78 is 5.25. The van der Waals surface area contributed by atoms with Crippen LogP contribution in [0.5, 0.6) is 0 Å². The lowest BCUT2D eigenvalue weighted by atomic mass is 10.2. The van der Waals surface area contributed by atoms with Crippen molar-refractivity contribution in [3.63, 3.8) is 0 Å². The molecule has 0 saturated heterocycles. The number of rotatable bonds is 9. The van der Waals surface area contributed by atoms with Crippen molar-refractivity contribution in [3.05, 3.63) is 11.9 Å². The van der Waals surface area contributed by atoms with Crippen molar-refractivity contribution in [3.8, 4) is 0 Å². The molecule has 0 bridgehead atoms. The Balaban J connectivity index is 2.40. The number of nitrogen functional groups attached to an aromatic ring is 1. The van der Waals surface area contributed by atoms with Crippen LogP contribution >= 0.6 is 0 Å². The highest BCUT2D eigenvalue weighted by Gasteiger charge is 2.05. The molecule has 0 saturated carbocycles. The number of carbonyl (C=O) groups excluding carboxylic acids is 1. The highest BCUT2D eigenvalue weighted by Crippen LogP contribution is 2.09. The monoisotopic (exact) mass is 295 g/mol. The van der Waals surface area contributed by atoms with Gasteiger partial charge in [-0.3, -0.25) is 4.79 Å². The number of carbonyl (C=O) groups is 1. The van der Waals surface area contributed by atoms with Crippen LogP contribution < -0.4 is 16.4 Å². The molecular weight excluding hydrogens is 270 g/mol. The number of nitrogens with two attached hydrogens (primary N) is 1. The molecule has 0 aliphatic heterocycles. The molecule has 0 atom stereocenters. The van der Waals surface area contributed by atoms with E-state index >= 15 is 0 Å². The van der Waals surface area contributed by atoms with Crippen LogP contribution in [0, 0.1) is 5.92 Å². The number of aromatic nitrogens is 2. The number of nitrogens with one attached hydrogen (secondary N) is 2. The van der Waals surface area contributed by atoms with Gasteiger partial charge in [-0.05, 0) is 12.8 Å². The van der Waals surface area contributed by atoms with Crippen LogP contribution in [-0.4, -0.2) is 35.6 Å². The molecule has 1 rings (SSSR count). The van der Waals surface area contributed by atoms with Gasteiger partial charge in [0, 0.05) is 32.2 Å². The number of amides is 1. The van der Waals surface area contributed by atoms with Gasteiger partial charge < -0.3 is 21.1 Å². The van der Waals surface area contributed by atoms with Crippen LogP contribution in [0.2, 0.25) is 0 Å². The molecule has 1 aromatic heterocycles. The number of anilines is 2. The molecule has 7 heteroatoms. The van der Waals surface area contributed by atoms with Gasteiger partial charge in [0.2, 0.25) is 5.91 Å². The molecule has 0 unspecified atom stereocenters. The fourth-order valence-electron chi connectivity index (χ4n) is 1.58. The van der Waals surface area contributed by atoms with Crippen LogP contribution in [0.3, 0.4) is 0 Å². The first-order chi connectivity index (χ1) is 10.0. The fourth-order valence-corrected chi connectivity index (χ4v) is 1.58. The summed E-state index contributed by atoms with van der Waals surface area (Å²) in [7, 11) is 0. The maximum Gasteiger partial charge on any atom is 0.221 e. The van der Waals surface area contributed by atoms with Crippen molar-refractivity contribution >= 4 is 17.5 Å². The van der Waals surface area contributed by atoms with Crippen molar-refractivity contribution in [2.75, 3.05) is 30.7 Å². The average molecular weight is 295 g/mol. The lowest BCUT2D eigenvalue weighted by molar-refractivity contribution is -0.120. The standard InChI is InChI=1S/C14H25N5O2/c1-4-21-9-13-18-11(15)7-12(19-13)16-6-5-14(20)17-8-10(2)3/h7,10H,4-6,8-9H2,1-3H3,(H,17,20)(H3,15,16,18,19). The zero-order chi connectivity index (χ0) is 15.7. The Hall–Kier alpha value is -1.89. The first-order valence-corrected chi connectivity index (χ1v) is 7.23. The molecular formula is C14H25N5O2. The molecule has 0 fully saturated rings. The van der Waals surface area contributed by atoms with Crippen molar-refractivity contribution in [1.29, 1.82) is 0 Å². The second-order valence-corrected chi connectivity index (χ2v) is 5.11. The minimum Gasteiger partial charge on any atom is -0.384 e. The third-order valence-corrected chi connectivity index (χ3v) is 2.59. The largest absolute Gasteiger partial charge is 0.384 e. The van der Waals surface area contributed by atoms with Gasteiger partial charge in [-0.25, -0.2) is 9.97 Å². The predicted molar refractivity (Wildman–Crippen MR) is 82.7 cm³/mol. The van der Waals surface area contributed by atoms with Gasteiger partial charge in [0.05, 0.1) is 0 Å². The Bertz CT molecular complexity index is 451. The van der Waals surface area contributed by atoms with E-state index in [1.54, 1.807) is 6.07 Å². The van der Waals surface area contributed by atoms with E-state index in [2.05, 4.69) is 34.4 Å². The lowest BCUT2D eigenvalue weighted by Crippen LogP contribution is -2.28. The summed E-state index contributed by atoms with van der Waals surface area (Å²) in [5.74, 6) is 1.99. The molecule has 0 spiro atoms. The van der Waals surface area contributed by atoms with Crippen molar-refractivity contribution < 1.29 is 9.53 Å². The van der Waals surface area contributed by atoms with Gasteiger partial charge in [-0.15, -0.1) is 0 Å². The van der Waals surface area contributed by atoms with E-state index in [1.807, 2.05) is 6.92 Å². The van der Waals surface area contributed by atoms with E-state index in [4.69, 9.17) is 10.5 Å². The number of hydrogen-bond acceptors (Lipinski definition) is 6. The SMILES string of the molecule is CCOCc1nc(N)cc(NCCC(=O)NCC(C)C)n1. The molecule has 0 aromatic carbocycles. The molecule has 118 valence electrons. The highest BCUT2D eigenvalue weighted by molar-refractivity contribution is 5.76. The Morgan fingerprint density at radius 1 is 1.43 bits per heavy atom. The second kappa shape index (κ2) is 9.12.